The van der Waals surface area contributed by atoms with Gasteiger partial charge in [0.05, 0.1) is 5.92 Å². The number of carbonyl (C=O) groups excluding carboxylic acids is 2. The smallest absolute Gasteiger partial charge is 0.228 e. The van der Waals surface area contributed by atoms with E-state index in [2.05, 4.69) is 0 Å². The van der Waals surface area contributed by atoms with E-state index in [1.807, 2.05) is 19.0 Å². The van der Waals surface area contributed by atoms with Crippen molar-refractivity contribution in [3.05, 3.63) is 53.8 Å². The van der Waals surface area contributed by atoms with Crippen LogP contribution in [-0.2, 0) is 16.1 Å². The van der Waals surface area contributed by atoms with Crippen molar-refractivity contribution in [2.45, 2.75) is 13.0 Å². The lowest BCUT2D eigenvalue weighted by Crippen LogP contribution is -2.40. The number of halogens is 1. The fourth-order valence-electron chi connectivity index (χ4n) is 4.00. The summed E-state index contributed by atoms with van der Waals surface area (Å²) in [4.78, 5) is 31.4. The summed E-state index contributed by atoms with van der Waals surface area (Å²) < 4.78 is 25.4. The van der Waals surface area contributed by atoms with E-state index in [1.54, 1.807) is 46.2 Å². The number of likely N-dealkylation sites (N-methyl/N-ethyl adjacent to an activating group) is 1. The van der Waals surface area contributed by atoms with E-state index in [9.17, 15) is 14.0 Å². The van der Waals surface area contributed by atoms with Gasteiger partial charge in [0.25, 0.3) is 0 Å². The molecule has 170 valence electrons. The maximum Gasteiger partial charge on any atom is 0.228 e. The summed E-state index contributed by atoms with van der Waals surface area (Å²) in [6.45, 7) is 2.52. The third-order valence-electron chi connectivity index (χ3n) is 5.76. The Bertz CT molecular complexity index is 997. The number of amides is 2. The molecule has 2 aliphatic heterocycles. The largest absolute Gasteiger partial charge is 0.486 e. The highest BCUT2D eigenvalue weighted by Crippen LogP contribution is 2.36. The number of rotatable bonds is 7. The van der Waals surface area contributed by atoms with Crippen molar-refractivity contribution in [3.63, 3.8) is 0 Å². The standard InChI is InChI=1S/C24H28FN3O4/c1-26(2)9-10-27(15-17-5-3-4-6-20(17)25)24(30)18-13-23(29)28(16-18)19-7-8-21-22(14-19)32-12-11-31-21/h3-8,14,18H,9-13,15-16H2,1-2H3/t18-/m0/s1. The van der Waals surface area contributed by atoms with Gasteiger partial charge in [-0.1, -0.05) is 18.2 Å². The highest BCUT2D eigenvalue weighted by atomic mass is 19.1. The van der Waals surface area contributed by atoms with Gasteiger partial charge in [-0.25, -0.2) is 4.39 Å². The zero-order chi connectivity index (χ0) is 22.7. The maximum absolute atomic E-state index is 14.2. The van der Waals surface area contributed by atoms with Crippen molar-refractivity contribution in [2.24, 2.45) is 5.92 Å². The van der Waals surface area contributed by atoms with E-state index in [-0.39, 0.29) is 37.1 Å². The molecule has 2 aromatic carbocycles. The number of fused-ring (bicyclic) bond motifs is 1. The molecule has 2 aromatic rings. The van der Waals surface area contributed by atoms with Gasteiger partial charge >= 0.3 is 0 Å². The van der Waals surface area contributed by atoms with E-state index < -0.39 is 5.92 Å². The van der Waals surface area contributed by atoms with Crippen LogP contribution in [0.3, 0.4) is 0 Å². The van der Waals surface area contributed by atoms with Crippen molar-refractivity contribution in [1.29, 1.82) is 0 Å². The van der Waals surface area contributed by atoms with Gasteiger partial charge in [0.1, 0.15) is 19.0 Å². The van der Waals surface area contributed by atoms with Gasteiger partial charge in [0.2, 0.25) is 11.8 Å². The highest BCUT2D eigenvalue weighted by molar-refractivity contribution is 6.00. The van der Waals surface area contributed by atoms with Crippen LogP contribution in [0.15, 0.2) is 42.5 Å². The van der Waals surface area contributed by atoms with E-state index in [0.29, 0.717) is 49.1 Å². The zero-order valence-electron chi connectivity index (χ0n) is 18.4. The minimum absolute atomic E-state index is 0.113. The predicted octanol–water partition coefficient (Wildman–Crippen LogP) is 2.54. The van der Waals surface area contributed by atoms with Gasteiger partial charge in [0.15, 0.2) is 11.5 Å². The molecule has 0 unspecified atom stereocenters. The second kappa shape index (κ2) is 9.56. The molecule has 1 atom stereocenters. The molecule has 0 N–H and O–H groups in total. The molecule has 1 saturated heterocycles. The molecule has 0 bridgehead atoms. The number of anilines is 1. The average molecular weight is 442 g/mol. The van der Waals surface area contributed by atoms with Crippen LogP contribution in [0.2, 0.25) is 0 Å². The van der Waals surface area contributed by atoms with Crippen LogP contribution in [-0.4, -0.2) is 68.6 Å². The monoisotopic (exact) mass is 441 g/mol. The first-order valence-corrected chi connectivity index (χ1v) is 10.8. The molecule has 2 amide bonds. The zero-order valence-corrected chi connectivity index (χ0v) is 18.4. The van der Waals surface area contributed by atoms with E-state index in [1.165, 1.54) is 6.07 Å². The van der Waals surface area contributed by atoms with Gasteiger partial charge in [0, 0.05) is 49.9 Å². The molecular weight excluding hydrogens is 413 g/mol. The number of ether oxygens (including phenoxy) is 2. The summed E-state index contributed by atoms with van der Waals surface area (Å²) in [7, 11) is 3.85. The third-order valence-corrected chi connectivity index (χ3v) is 5.76. The second-order valence-electron chi connectivity index (χ2n) is 8.39. The predicted molar refractivity (Wildman–Crippen MR) is 118 cm³/mol. The van der Waals surface area contributed by atoms with Crippen molar-refractivity contribution < 1.29 is 23.5 Å². The summed E-state index contributed by atoms with van der Waals surface area (Å²) in [6.07, 6.45) is 0.128. The Morgan fingerprint density at radius 1 is 1.09 bits per heavy atom. The fourth-order valence-corrected chi connectivity index (χ4v) is 4.00. The third kappa shape index (κ3) is 4.85. The van der Waals surface area contributed by atoms with E-state index in [4.69, 9.17) is 9.47 Å². The first-order chi connectivity index (χ1) is 15.4. The van der Waals surface area contributed by atoms with Crippen molar-refractivity contribution in [3.8, 4) is 11.5 Å². The quantitative estimate of drug-likeness (QED) is 0.661. The van der Waals surface area contributed by atoms with Gasteiger partial charge in [-0.15, -0.1) is 0 Å². The number of carbonyl (C=O) groups is 2. The molecule has 7 nitrogen and oxygen atoms in total. The van der Waals surface area contributed by atoms with E-state index >= 15 is 0 Å². The minimum Gasteiger partial charge on any atom is -0.486 e. The van der Waals surface area contributed by atoms with Crippen LogP contribution in [0.25, 0.3) is 0 Å². The Hall–Kier alpha value is -3.13. The summed E-state index contributed by atoms with van der Waals surface area (Å²) in [5.74, 6) is 0.185. The molecule has 0 spiro atoms. The number of hydrogen-bond donors (Lipinski definition) is 0. The van der Waals surface area contributed by atoms with Crippen LogP contribution >= 0.6 is 0 Å². The Labute approximate surface area is 187 Å². The second-order valence-corrected chi connectivity index (χ2v) is 8.39. The van der Waals surface area contributed by atoms with Crippen molar-refractivity contribution in [2.75, 3.05) is 51.8 Å². The first-order valence-electron chi connectivity index (χ1n) is 10.8. The molecule has 2 aliphatic rings. The highest BCUT2D eigenvalue weighted by Gasteiger charge is 2.37. The van der Waals surface area contributed by atoms with Crippen LogP contribution in [0, 0.1) is 11.7 Å². The van der Waals surface area contributed by atoms with Gasteiger partial charge in [-0.3, -0.25) is 9.59 Å². The van der Waals surface area contributed by atoms with Crippen LogP contribution in [0.4, 0.5) is 10.1 Å². The Morgan fingerprint density at radius 3 is 2.59 bits per heavy atom. The molecule has 1 fully saturated rings. The fraction of sp³-hybridized carbons (Fsp3) is 0.417. The first kappa shape index (κ1) is 22.1. The van der Waals surface area contributed by atoms with Gasteiger partial charge in [-0.05, 0) is 32.3 Å². The average Bonchev–Trinajstić information content (AvgIpc) is 3.18. The van der Waals surface area contributed by atoms with Gasteiger partial charge < -0.3 is 24.2 Å². The lowest BCUT2D eigenvalue weighted by Gasteiger charge is -2.27. The lowest BCUT2D eigenvalue weighted by atomic mass is 10.1. The molecule has 0 radical (unpaired) electrons. The summed E-state index contributed by atoms with van der Waals surface area (Å²) in [5.41, 5.74) is 1.15. The van der Waals surface area contributed by atoms with Crippen LogP contribution in [0.5, 0.6) is 11.5 Å². The van der Waals surface area contributed by atoms with Crippen LogP contribution < -0.4 is 14.4 Å². The summed E-state index contributed by atoms with van der Waals surface area (Å²) in [6, 6.07) is 11.8. The SMILES string of the molecule is CN(C)CCN(Cc1ccccc1F)C(=O)[C@H]1CC(=O)N(c2ccc3c(c2)OCCO3)C1. The molecule has 32 heavy (non-hydrogen) atoms. The normalized spacial score (nSPS) is 17.7. The molecular formula is C24H28FN3O4. The Morgan fingerprint density at radius 2 is 1.84 bits per heavy atom. The lowest BCUT2D eigenvalue weighted by molar-refractivity contribution is -0.136. The molecule has 0 aliphatic carbocycles. The van der Waals surface area contributed by atoms with Crippen molar-refractivity contribution in [1.82, 2.24) is 9.80 Å². The molecule has 2 heterocycles. The topological polar surface area (TPSA) is 62.3 Å². The number of benzene rings is 2. The number of hydrogen-bond acceptors (Lipinski definition) is 5. The van der Waals surface area contributed by atoms with Crippen LogP contribution in [0.1, 0.15) is 12.0 Å². The molecule has 0 saturated carbocycles. The Kier molecular flexibility index (Phi) is 6.60. The molecule has 4 rings (SSSR count). The Balaban J connectivity index is 1.50. The van der Waals surface area contributed by atoms with Gasteiger partial charge in [-0.2, -0.15) is 0 Å². The van der Waals surface area contributed by atoms with Crippen molar-refractivity contribution >= 4 is 17.5 Å². The number of nitrogens with zero attached hydrogens (tertiary/aromatic N) is 3. The summed E-state index contributed by atoms with van der Waals surface area (Å²) >= 11 is 0. The molecule has 8 heteroatoms. The summed E-state index contributed by atoms with van der Waals surface area (Å²) in [5, 5.41) is 0. The molecule has 0 aromatic heterocycles. The van der Waals surface area contributed by atoms with E-state index in [0.717, 1.165) is 0 Å². The maximum atomic E-state index is 14.2. The minimum atomic E-state index is -0.482.